The summed E-state index contributed by atoms with van der Waals surface area (Å²) in [6.45, 7) is 2.03. The van der Waals surface area contributed by atoms with Gasteiger partial charge in [-0.25, -0.2) is 0 Å². The molecule has 0 radical (unpaired) electrons. The highest BCUT2D eigenvalue weighted by molar-refractivity contribution is 5.08. The van der Waals surface area contributed by atoms with Crippen molar-refractivity contribution in [3.05, 3.63) is 24.0 Å². The van der Waals surface area contributed by atoms with E-state index in [0.29, 0.717) is 6.04 Å². The fraction of sp³-hybridized carbons (Fsp3) is 0.692. The van der Waals surface area contributed by atoms with E-state index in [2.05, 4.69) is 16.0 Å². The normalized spacial score (nSPS) is 18.1. The number of hydrogen-bond acceptors (Lipinski definition) is 2. The van der Waals surface area contributed by atoms with Crippen LogP contribution in [-0.2, 0) is 6.54 Å². The Bertz CT molecular complexity index is 278. The van der Waals surface area contributed by atoms with Crippen molar-refractivity contribution in [2.24, 2.45) is 0 Å². The average Bonchev–Trinajstić information content (AvgIpc) is 2.83. The fourth-order valence-corrected chi connectivity index (χ4v) is 2.66. The van der Waals surface area contributed by atoms with Crippen molar-refractivity contribution in [3.8, 4) is 0 Å². The molecule has 0 aromatic carbocycles. The van der Waals surface area contributed by atoms with Gasteiger partial charge in [0, 0.05) is 31.5 Å². The molecule has 1 aromatic rings. The molecule has 16 heavy (non-hydrogen) atoms. The van der Waals surface area contributed by atoms with Crippen LogP contribution < -0.4 is 0 Å². The zero-order chi connectivity index (χ0) is 11.2. The Morgan fingerprint density at radius 2 is 2.12 bits per heavy atom. The number of nitrogens with one attached hydrogen (secondary N) is 1. The first-order chi connectivity index (χ1) is 7.90. The SMILES string of the molecule is OCCN(Cc1cc[nH]c1)C1CCCCC1. The lowest BCUT2D eigenvalue weighted by Gasteiger charge is -2.33. The van der Waals surface area contributed by atoms with E-state index in [1.54, 1.807) is 0 Å². The lowest BCUT2D eigenvalue weighted by Crippen LogP contribution is -2.38. The number of aromatic nitrogens is 1. The van der Waals surface area contributed by atoms with Crippen molar-refractivity contribution in [1.29, 1.82) is 0 Å². The molecule has 2 rings (SSSR count). The molecule has 0 saturated heterocycles. The molecule has 1 saturated carbocycles. The molecular weight excluding hydrogens is 200 g/mol. The minimum atomic E-state index is 0.265. The quantitative estimate of drug-likeness (QED) is 0.801. The van der Waals surface area contributed by atoms with Crippen molar-refractivity contribution in [2.75, 3.05) is 13.2 Å². The van der Waals surface area contributed by atoms with E-state index in [4.69, 9.17) is 5.11 Å². The van der Waals surface area contributed by atoms with Crippen LogP contribution in [0.25, 0.3) is 0 Å². The van der Waals surface area contributed by atoms with Gasteiger partial charge in [-0.3, -0.25) is 4.90 Å². The third-order valence-corrected chi connectivity index (χ3v) is 3.53. The van der Waals surface area contributed by atoms with E-state index >= 15 is 0 Å². The Balaban J connectivity index is 1.92. The van der Waals surface area contributed by atoms with Crippen molar-refractivity contribution in [1.82, 2.24) is 9.88 Å². The van der Waals surface area contributed by atoms with Crippen molar-refractivity contribution in [2.45, 2.75) is 44.7 Å². The number of hydrogen-bond donors (Lipinski definition) is 2. The van der Waals surface area contributed by atoms with Gasteiger partial charge in [-0.2, -0.15) is 0 Å². The van der Waals surface area contributed by atoms with Gasteiger partial charge >= 0.3 is 0 Å². The zero-order valence-corrected chi connectivity index (χ0v) is 9.86. The second kappa shape index (κ2) is 6.06. The number of aliphatic hydroxyl groups is 1. The molecule has 0 bridgehead atoms. The van der Waals surface area contributed by atoms with E-state index in [1.807, 2.05) is 12.4 Å². The summed E-state index contributed by atoms with van der Waals surface area (Å²) in [5.41, 5.74) is 1.32. The monoisotopic (exact) mass is 222 g/mol. The average molecular weight is 222 g/mol. The molecule has 1 fully saturated rings. The summed E-state index contributed by atoms with van der Waals surface area (Å²) in [5, 5.41) is 9.15. The highest BCUT2D eigenvalue weighted by atomic mass is 16.3. The number of rotatable bonds is 5. The topological polar surface area (TPSA) is 39.3 Å². The predicted molar refractivity (Wildman–Crippen MR) is 65.2 cm³/mol. The molecule has 90 valence electrons. The van der Waals surface area contributed by atoms with Crippen LogP contribution in [0.1, 0.15) is 37.7 Å². The van der Waals surface area contributed by atoms with E-state index in [-0.39, 0.29) is 6.61 Å². The van der Waals surface area contributed by atoms with Crippen LogP contribution in [0.5, 0.6) is 0 Å². The standard InChI is InChI=1S/C13H22N2O/c16-9-8-15(11-12-6-7-14-10-12)13-4-2-1-3-5-13/h6-7,10,13-14,16H,1-5,8-9,11H2. The molecule has 2 N–H and O–H groups in total. The van der Waals surface area contributed by atoms with Gasteiger partial charge in [-0.05, 0) is 24.5 Å². The molecule has 1 aliphatic carbocycles. The molecule has 1 heterocycles. The number of nitrogens with zero attached hydrogens (tertiary/aromatic N) is 1. The summed E-state index contributed by atoms with van der Waals surface area (Å²) >= 11 is 0. The number of aromatic amines is 1. The lowest BCUT2D eigenvalue weighted by molar-refractivity contribution is 0.117. The third kappa shape index (κ3) is 3.09. The van der Waals surface area contributed by atoms with Gasteiger partial charge in [-0.1, -0.05) is 19.3 Å². The van der Waals surface area contributed by atoms with Gasteiger partial charge in [0.05, 0.1) is 6.61 Å². The van der Waals surface area contributed by atoms with E-state index in [9.17, 15) is 0 Å². The summed E-state index contributed by atoms with van der Waals surface area (Å²) in [4.78, 5) is 5.52. The molecule has 3 nitrogen and oxygen atoms in total. The Morgan fingerprint density at radius 3 is 2.75 bits per heavy atom. The smallest absolute Gasteiger partial charge is 0.0558 e. The summed E-state index contributed by atoms with van der Waals surface area (Å²) < 4.78 is 0. The number of H-pyrrole nitrogens is 1. The lowest BCUT2D eigenvalue weighted by atomic mass is 9.94. The highest BCUT2D eigenvalue weighted by Gasteiger charge is 2.20. The van der Waals surface area contributed by atoms with Crippen LogP contribution in [0.15, 0.2) is 18.5 Å². The van der Waals surface area contributed by atoms with Gasteiger partial charge in [0.2, 0.25) is 0 Å². The van der Waals surface area contributed by atoms with E-state index in [0.717, 1.165) is 13.1 Å². The van der Waals surface area contributed by atoms with Gasteiger partial charge in [-0.15, -0.1) is 0 Å². The maximum atomic E-state index is 9.15. The maximum absolute atomic E-state index is 9.15. The summed E-state index contributed by atoms with van der Waals surface area (Å²) in [7, 11) is 0. The summed E-state index contributed by atoms with van der Waals surface area (Å²) in [5.74, 6) is 0. The molecule has 3 heteroatoms. The van der Waals surface area contributed by atoms with Crippen LogP contribution in [0.3, 0.4) is 0 Å². The first-order valence-electron chi connectivity index (χ1n) is 6.36. The largest absolute Gasteiger partial charge is 0.395 e. The summed E-state index contributed by atoms with van der Waals surface area (Å²) in [6, 6.07) is 2.79. The molecule has 1 aliphatic rings. The fourth-order valence-electron chi connectivity index (χ4n) is 2.66. The van der Waals surface area contributed by atoms with E-state index < -0.39 is 0 Å². The molecule has 0 atom stereocenters. The second-order valence-electron chi connectivity index (χ2n) is 4.71. The first kappa shape index (κ1) is 11.7. The minimum absolute atomic E-state index is 0.265. The first-order valence-corrected chi connectivity index (χ1v) is 6.36. The third-order valence-electron chi connectivity index (χ3n) is 3.53. The number of aliphatic hydroxyl groups excluding tert-OH is 1. The van der Waals surface area contributed by atoms with Crippen LogP contribution >= 0.6 is 0 Å². The molecule has 0 aliphatic heterocycles. The van der Waals surface area contributed by atoms with Crippen molar-refractivity contribution in [3.63, 3.8) is 0 Å². The van der Waals surface area contributed by atoms with Crippen LogP contribution in [-0.4, -0.2) is 34.2 Å². The van der Waals surface area contributed by atoms with Gasteiger partial charge in [0.1, 0.15) is 0 Å². The van der Waals surface area contributed by atoms with Crippen LogP contribution in [0.4, 0.5) is 0 Å². The molecule has 0 amide bonds. The Kier molecular flexibility index (Phi) is 4.43. The Hall–Kier alpha value is -0.800. The molecule has 1 aromatic heterocycles. The highest BCUT2D eigenvalue weighted by Crippen LogP contribution is 2.23. The Morgan fingerprint density at radius 1 is 1.31 bits per heavy atom. The predicted octanol–water partition coefficient (Wildman–Crippen LogP) is 2.14. The van der Waals surface area contributed by atoms with Crippen LogP contribution in [0, 0.1) is 0 Å². The zero-order valence-electron chi connectivity index (χ0n) is 9.86. The van der Waals surface area contributed by atoms with Crippen molar-refractivity contribution >= 4 is 0 Å². The summed E-state index contributed by atoms with van der Waals surface area (Å²) in [6.07, 6.45) is 10.7. The minimum Gasteiger partial charge on any atom is -0.395 e. The van der Waals surface area contributed by atoms with Crippen LogP contribution in [0.2, 0.25) is 0 Å². The van der Waals surface area contributed by atoms with Gasteiger partial charge in [0.25, 0.3) is 0 Å². The maximum Gasteiger partial charge on any atom is 0.0558 e. The van der Waals surface area contributed by atoms with Gasteiger partial charge < -0.3 is 10.1 Å². The molecular formula is C13H22N2O. The molecule has 0 spiro atoms. The Labute approximate surface area is 97.5 Å². The molecule has 0 unspecified atom stereocenters. The van der Waals surface area contributed by atoms with Crippen molar-refractivity contribution < 1.29 is 5.11 Å². The van der Waals surface area contributed by atoms with Gasteiger partial charge in [0.15, 0.2) is 0 Å². The second-order valence-corrected chi connectivity index (χ2v) is 4.71. The van der Waals surface area contributed by atoms with E-state index in [1.165, 1.54) is 37.7 Å².